The fourth-order valence-corrected chi connectivity index (χ4v) is 4.62. The van der Waals surface area contributed by atoms with Crippen LogP contribution < -0.4 is 4.74 Å². The lowest BCUT2D eigenvalue weighted by atomic mass is 10.2. The first-order valence-corrected chi connectivity index (χ1v) is 10.4. The second kappa shape index (κ2) is 9.21. The Balaban J connectivity index is 2.14. The Bertz CT molecular complexity index is 734. The molecule has 25 heavy (non-hydrogen) atoms. The molecule has 2 aromatic rings. The van der Waals surface area contributed by atoms with Crippen molar-refractivity contribution in [3.63, 3.8) is 0 Å². The topological polar surface area (TPSA) is 57.2 Å². The Morgan fingerprint density at radius 3 is 2.52 bits per heavy atom. The van der Waals surface area contributed by atoms with Gasteiger partial charge in [0.2, 0.25) is 7.98 Å². The molecule has 0 amide bonds. The van der Waals surface area contributed by atoms with Crippen molar-refractivity contribution >= 4 is 45.0 Å². The number of benzene rings is 1. The van der Waals surface area contributed by atoms with E-state index >= 15 is 0 Å². The van der Waals surface area contributed by atoms with Crippen LogP contribution in [0.25, 0.3) is 10.1 Å². The summed E-state index contributed by atoms with van der Waals surface area (Å²) >= 11 is 1.58. The Morgan fingerprint density at radius 1 is 1.24 bits per heavy atom. The summed E-state index contributed by atoms with van der Waals surface area (Å²) in [5, 5.41) is 0.984. The summed E-state index contributed by atoms with van der Waals surface area (Å²) in [6.45, 7) is 6.00. The van der Waals surface area contributed by atoms with Crippen LogP contribution in [0.1, 0.15) is 31.7 Å². The predicted octanol–water partition coefficient (Wildman–Crippen LogP) is 3.97. The van der Waals surface area contributed by atoms with E-state index in [2.05, 4.69) is 4.76 Å². The average Bonchev–Trinajstić information content (AvgIpc) is 3.02. The van der Waals surface area contributed by atoms with Crippen molar-refractivity contribution in [3.8, 4) is 5.75 Å². The molecule has 0 saturated carbocycles. The first kappa shape index (κ1) is 20.5. The summed E-state index contributed by atoms with van der Waals surface area (Å²) in [4.78, 5) is 2.08. The van der Waals surface area contributed by atoms with Gasteiger partial charge in [0, 0.05) is 9.58 Å². The van der Waals surface area contributed by atoms with Crippen LogP contribution in [0.15, 0.2) is 24.3 Å². The molecule has 0 saturated heterocycles. The maximum atomic E-state index is 12.4. The van der Waals surface area contributed by atoms with Gasteiger partial charge < -0.3 is 18.5 Å². The number of fused-ring (bicyclic) bond motifs is 1. The van der Waals surface area contributed by atoms with Crippen molar-refractivity contribution in [3.05, 3.63) is 29.1 Å². The van der Waals surface area contributed by atoms with Gasteiger partial charge in [0.15, 0.2) is 6.35 Å². The highest BCUT2D eigenvalue weighted by Gasteiger charge is 2.24. The van der Waals surface area contributed by atoms with Crippen molar-refractivity contribution < 1.29 is 23.1 Å². The minimum absolute atomic E-state index is 0.134. The van der Waals surface area contributed by atoms with Gasteiger partial charge in [-0.15, -0.1) is 11.3 Å². The van der Waals surface area contributed by atoms with E-state index in [-0.39, 0.29) is 12.4 Å². The molecule has 132 valence electrons. The number of rotatable bonds is 10. The van der Waals surface area contributed by atoms with E-state index < -0.39 is 7.60 Å². The van der Waals surface area contributed by atoms with Crippen molar-refractivity contribution in [1.29, 1.82) is 0 Å². The van der Waals surface area contributed by atoms with Gasteiger partial charge in [-0.3, -0.25) is 9.54 Å². The van der Waals surface area contributed by atoms with E-state index in [4.69, 9.17) is 29.8 Å². The van der Waals surface area contributed by atoms with Gasteiger partial charge >= 0.3 is 15.6 Å². The molecular weight excluding hydrogens is 359 g/mol. The summed E-state index contributed by atoms with van der Waals surface area (Å²) in [7, 11) is 7.51. The summed E-state index contributed by atoms with van der Waals surface area (Å²) in [5.74, 6) is 0.587. The zero-order valence-corrected chi connectivity index (χ0v) is 16.2. The standard InChI is InChI=1S/C15H20B2NO5PS/c1-4-21-24(19,22-5-2)10-20-13-6-7-14-12(8-13)9-15(25-14)11(3)18(16)23-17/h6-9,11H,4-5,10H2,1-3H3. The third-order valence-corrected chi connectivity index (χ3v) is 6.50. The van der Waals surface area contributed by atoms with Crippen LogP contribution in [0.5, 0.6) is 5.75 Å². The second-order valence-corrected chi connectivity index (χ2v) is 8.32. The van der Waals surface area contributed by atoms with Crippen LogP contribution in [-0.4, -0.2) is 40.6 Å². The third kappa shape index (κ3) is 5.33. The summed E-state index contributed by atoms with van der Waals surface area (Å²) in [6.07, 6.45) is -0.134. The number of nitrogens with zero attached hydrogens (tertiary/aromatic N) is 1. The molecule has 1 unspecified atom stereocenters. The zero-order chi connectivity index (χ0) is 18.4. The molecule has 0 aliphatic rings. The van der Waals surface area contributed by atoms with Gasteiger partial charge in [-0.2, -0.15) is 0 Å². The Labute approximate surface area is 154 Å². The molecule has 2 rings (SSSR count). The molecule has 1 heterocycles. The van der Waals surface area contributed by atoms with E-state index in [9.17, 15) is 4.57 Å². The molecule has 0 fully saturated rings. The Hall–Kier alpha value is -0.820. The smallest absolute Gasteiger partial charge is 0.367 e. The molecule has 6 nitrogen and oxygen atoms in total. The first-order chi connectivity index (χ1) is 11.9. The van der Waals surface area contributed by atoms with Crippen molar-refractivity contribution in [2.45, 2.75) is 26.8 Å². The number of ether oxygens (including phenoxy) is 1. The van der Waals surface area contributed by atoms with E-state index in [1.54, 1.807) is 25.2 Å². The van der Waals surface area contributed by atoms with Gasteiger partial charge in [-0.05, 0) is 50.4 Å². The minimum atomic E-state index is -3.25. The lowest BCUT2D eigenvalue weighted by molar-refractivity contribution is 0.0132. The third-order valence-electron chi connectivity index (χ3n) is 3.46. The summed E-state index contributed by atoms with van der Waals surface area (Å²) < 4.78 is 34.1. The molecule has 0 N–H and O–H groups in total. The SMILES string of the molecule is [B]ON([B])C(C)c1cc2cc(OCP(=O)(OCC)OCC)ccc2s1. The van der Waals surface area contributed by atoms with E-state index in [0.29, 0.717) is 19.0 Å². The van der Waals surface area contributed by atoms with Crippen molar-refractivity contribution in [2.75, 3.05) is 19.6 Å². The molecule has 0 bridgehead atoms. The van der Waals surface area contributed by atoms with Crippen molar-refractivity contribution in [2.24, 2.45) is 0 Å². The molecule has 1 aromatic heterocycles. The molecule has 0 spiro atoms. The molecule has 0 aliphatic carbocycles. The highest BCUT2D eigenvalue weighted by molar-refractivity contribution is 7.53. The van der Waals surface area contributed by atoms with Crippen LogP contribution >= 0.6 is 18.9 Å². The fourth-order valence-electron chi connectivity index (χ4n) is 2.21. The van der Waals surface area contributed by atoms with Gasteiger partial charge in [0.05, 0.1) is 19.3 Å². The normalized spacial score (nSPS) is 13.4. The maximum Gasteiger partial charge on any atom is 0.367 e. The lowest BCUT2D eigenvalue weighted by Crippen LogP contribution is -2.22. The largest absolute Gasteiger partial charge is 0.481 e. The highest BCUT2D eigenvalue weighted by Crippen LogP contribution is 2.48. The monoisotopic (exact) mass is 379 g/mol. The quantitative estimate of drug-likeness (QED) is 0.354. The molecule has 1 aromatic carbocycles. The highest BCUT2D eigenvalue weighted by atomic mass is 32.1. The molecule has 0 aliphatic heterocycles. The number of thiophene rings is 1. The van der Waals surface area contributed by atoms with Crippen LogP contribution in [0.3, 0.4) is 0 Å². The van der Waals surface area contributed by atoms with Crippen LogP contribution in [0, 0.1) is 0 Å². The van der Waals surface area contributed by atoms with Crippen LogP contribution in [0.4, 0.5) is 0 Å². The molecular formula is C15H20B2NO5PS. The summed E-state index contributed by atoms with van der Waals surface area (Å²) in [6, 6.07) is 7.41. The van der Waals surface area contributed by atoms with Crippen LogP contribution in [-0.2, 0) is 18.4 Å². The van der Waals surface area contributed by atoms with E-state index in [1.165, 1.54) is 0 Å². The second-order valence-electron chi connectivity index (χ2n) is 5.21. The van der Waals surface area contributed by atoms with E-state index in [0.717, 1.165) is 19.9 Å². The van der Waals surface area contributed by atoms with Gasteiger partial charge in [0.1, 0.15) is 5.75 Å². The lowest BCUT2D eigenvalue weighted by Gasteiger charge is -2.22. The fraction of sp³-hybridized carbons (Fsp3) is 0.467. The van der Waals surface area contributed by atoms with Gasteiger partial charge in [-0.25, -0.2) is 0 Å². The molecule has 1 atom stereocenters. The van der Waals surface area contributed by atoms with Gasteiger partial charge in [0.25, 0.3) is 0 Å². The van der Waals surface area contributed by atoms with E-state index in [1.807, 2.05) is 31.2 Å². The molecule has 10 heteroatoms. The maximum absolute atomic E-state index is 12.4. The molecule has 4 radical (unpaired) electrons. The first-order valence-electron chi connectivity index (χ1n) is 7.87. The number of hydrogen-bond acceptors (Lipinski definition) is 7. The van der Waals surface area contributed by atoms with Crippen molar-refractivity contribution in [1.82, 2.24) is 4.97 Å². The minimum Gasteiger partial charge on any atom is -0.481 e. The Kier molecular flexibility index (Phi) is 7.55. The Morgan fingerprint density at radius 2 is 1.92 bits per heavy atom. The number of hydrogen-bond donors (Lipinski definition) is 0. The average molecular weight is 379 g/mol. The predicted molar refractivity (Wildman–Crippen MR) is 101 cm³/mol. The summed E-state index contributed by atoms with van der Waals surface area (Å²) in [5.41, 5.74) is 0. The van der Waals surface area contributed by atoms with Crippen LogP contribution in [0.2, 0.25) is 0 Å². The van der Waals surface area contributed by atoms with Gasteiger partial charge in [-0.1, -0.05) is 0 Å². The number of hydroxylamine groups is 1. The zero-order valence-electron chi connectivity index (χ0n) is 14.5.